The second kappa shape index (κ2) is 4.91. The zero-order valence-electron chi connectivity index (χ0n) is 10.4. The fourth-order valence-corrected chi connectivity index (χ4v) is 1.87. The van der Waals surface area contributed by atoms with E-state index in [1.807, 2.05) is 0 Å². The predicted molar refractivity (Wildman–Crippen MR) is 61.7 cm³/mol. The first-order chi connectivity index (χ1) is 8.97. The van der Waals surface area contributed by atoms with Crippen molar-refractivity contribution < 1.29 is 27.8 Å². The molecular weight excluding hydrogens is 260 g/mol. The van der Waals surface area contributed by atoms with Crippen molar-refractivity contribution in [3.05, 3.63) is 23.8 Å². The third kappa shape index (κ3) is 2.54. The molecule has 1 aliphatic heterocycles. The second-order valence-electron chi connectivity index (χ2n) is 4.02. The summed E-state index contributed by atoms with van der Waals surface area (Å²) >= 11 is 0. The molecule has 0 unspecified atom stereocenters. The minimum atomic E-state index is -3.21. The van der Waals surface area contributed by atoms with Gasteiger partial charge in [-0.2, -0.15) is 0 Å². The Morgan fingerprint density at radius 3 is 2.74 bits per heavy atom. The van der Waals surface area contributed by atoms with Crippen molar-refractivity contribution in [3.63, 3.8) is 0 Å². The molecule has 0 aliphatic carbocycles. The van der Waals surface area contributed by atoms with Crippen LogP contribution in [0.15, 0.2) is 18.2 Å². The van der Waals surface area contributed by atoms with Crippen LogP contribution in [-0.4, -0.2) is 32.8 Å². The summed E-state index contributed by atoms with van der Waals surface area (Å²) in [5.41, 5.74) is 0.171. The number of hydrogen-bond donors (Lipinski definition) is 1. The van der Waals surface area contributed by atoms with Crippen LogP contribution >= 0.6 is 0 Å². The third-order valence-corrected chi connectivity index (χ3v) is 2.83. The van der Waals surface area contributed by atoms with E-state index in [2.05, 4.69) is 10.1 Å². The lowest BCUT2D eigenvalue weighted by Crippen LogP contribution is -2.49. The molecule has 1 N–H and O–H groups in total. The molecule has 0 saturated carbocycles. The third-order valence-electron chi connectivity index (χ3n) is 2.83. The zero-order valence-corrected chi connectivity index (χ0v) is 10.4. The number of carbonyl (C=O) groups is 1. The smallest absolute Gasteiger partial charge is 0.408 e. The van der Waals surface area contributed by atoms with Crippen molar-refractivity contribution in [1.29, 1.82) is 0 Å². The average Bonchev–Trinajstić information content (AvgIpc) is 2.41. The number of alkyl carbamates (subject to hydrolysis) is 1. The number of hydrogen-bond acceptors (Lipinski definition) is 4. The van der Waals surface area contributed by atoms with Crippen LogP contribution in [0.1, 0.15) is 11.6 Å². The second-order valence-corrected chi connectivity index (χ2v) is 4.02. The van der Waals surface area contributed by atoms with Gasteiger partial charge in [0.1, 0.15) is 17.5 Å². The molecule has 1 aliphatic rings. The summed E-state index contributed by atoms with van der Waals surface area (Å²) in [6.45, 7) is -0.960. The van der Waals surface area contributed by atoms with Crippen molar-refractivity contribution >= 4 is 6.09 Å². The Morgan fingerprint density at radius 2 is 2.11 bits per heavy atom. The average molecular weight is 273 g/mol. The normalized spacial score (nSPS) is 21.3. The Hall–Kier alpha value is -2.05. The first kappa shape index (κ1) is 13.4. The van der Waals surface area contributed by atoms with Gasteiger partial charge in [0.2, 0.25) is 0 Å². The minimum absolute atomic E-state index is 0.171. The number of carbonyl (C=O) groups excluding carboxylic acids is 1. The van der Waals surface area contributed by atoms with Gasteiger partial charge in [-0.25, -0.2) is 13.6 Å². The highest BCUT2D eigenvalue weighted by Crippen LogP contribution is 2.39. The number of amides is 1. The predicted octanol–water partition coefficient (Wildman–Crippen LogP) is 2.12. The molecule has 1 fully saturated rings. The number of cyclic esters (lactones) is 1. The SMILES string of the molecule is COc1ccc([C@H]2NC(=O)OCC2(F)F)c(OC)c1. The van der Waals surface area contributed by atoms with E-state index in [4.69, 9.17) is 9.47 Å². The van der Waals surface area contributed by atoms with Crippen molar-refractivity contribution in [2.24, 2.45) is 0 Å². The van der Waals surface area contributed by atoms with Gasteiger partial charge >= 0.3 is 12.0 Å². The molecule has 0 radical (unpaired) electrons. The van der Waals surface area contributed by atoms with E-state index < -0.39 is 24.7 Å². The molecule has 7 heteroatoms. The maximum atomic E-state index is 13.8. The van der Waals surface area contributed by atoms with Gasteiger partial charge in [-0.15, -0.1) is 0 Å². The molecule has 1 atom stereocenters. The monoisotopic (exact) mass is 273 g/mol. The molecule has 1 saturated heterocycles. The number of halogens is 2. The van der Waals surface area contributed by atoms with Gasteiger partial charge in [0.15, 0.2) is 6.61 Å². The van der Waals surface area contributed by atoms with Crippen LogP contribution in [0.3, 0.4) is 0 Å². The zero-order chi connectivity index (χ0) is 14.0. The number of benzene rings is 1. The van der Waals surface area contributed by atoms with Crippen LogP contribution < -0.4 is 14.8 Å². The summed E-state index contributed by atoms with van der Waals surface area (Å²) in [5.74, 6) is -2.52. The van der Waals surface area contributed by atoms with E-state index >= 15 is 0 Å². The summed E-state index contributed by atoms with van der Waals surface area (Å²) in [5, 5.41) is 2.10. The summed E-state index contributed by atoms with van der Waals surface area (Å²) in [7, 11) is 2.82. The largest absolute Gasteiger partial charge is 0.497 e. The van der Waals surface area contributed by atoms with Crippen molar-refractivity contribution in [3.8, 4) is 11.5 Å². The van der Waals surface area contributed by atoms with E-state index in [1.165, 1.54) is 32.4 Å². The highest BCUT2D eigenvalue weighted by molar-refractivity contribution is 5.69. The molecule has 1 heterocycles. The fourth-order valence-electron chi connectivity index (χ4n) is 1.87. The van der Waals surface area contributed by atoms with Gasteiger partial charge < -0.3 is 19.5 Å². The Labute approximate surface area is 108 Å². The molecule has 1 aromatic rings. The molecule has 0 aromatic heterocycles. The van der Waals surface area contributed by atoms with E-state index in [0.717, 1.165) is 0 Å². The van der Waals surface area contributed by atoms with Crippen LogP contribution in [-0.2, 0) is 4.74 Å². The lowest BCUT2D eigenvalue weighted by molar-refractivity contribution is -0.104. The molecule has 5 nitrogen and oxygen atoms in total. The first-order valence-electron chi connectivity index (χ1n) is 5.51. The van der Waals surface area contributed by atoms with E-state index in [-0.39, 0.29) is 11.3 Å². The van der Waals surface area contributed by atoms with E-state index in [1.54, 1.807) is 0 Å². The highest BCUT2D eigenvalue weighted by Gasteiger charge is 2.47. The summed E-state index contributed by atoms with van der Waals surface area (Å²) in [6, 6.07) is 2.94. The number of nitrogens with one attached hydrogen (secondary N) is 1. The van der Waals surface area contributed by atoms with Crippen molar-refractivity contribution in [1.82, 2.24) is 5.32 Å². The van der Waals surface area contributed by atoms with E-state index in [0.29, 0.717) is 5.75 Å². The van der Waals surface area contributed by atoms with E-state index in [9.17, 15) is 13.6 Å². The minimum Gasteiger partial charge on any atom is -0.497 e. The van der Waals surface area contributed by atoms with Crippen LogP contribution in [0.4, 0.5) is 13.6 Å². The number of methoxy groups -OCH3 is 2. The van der Waals surface area contributed by atoms with Crippen molar-refractivity contribution in [2.75, 3.05) is 20.8 Å². The summed E-state index contributed by atoms with van der Waals surface area (Å²) < 4.78 is 42.0. The summed E-state index contributed by atoms with van der Waals surface area (Å²) in [6.07, 6.45) is -0.881. The molecule has 0 spiro atoms. The molecular formula is C12H13F2NO4. The fraction of sp³-hybridized carbons (Fsp3) is 0.417. The van der Waals surface area contributed by atoms with Gasteiger partial charge in [-0.1, -0.05) is 0 Å². The van der Waals surface area contributed by atoms with Gasteiger partial charge in [0.25, 0.3) is 0 Å². The highest BCUT2D eigenvalue weighted by atomic mass is 19.3. The van der Waals surface area contributed by atoms with Crippen LogP contribution in [0, 0.1) is 0 Å². The number of rotatable bonds is 3. The van der Waals surface area contributed by atoms with Gasteiger partial charge in [0, 0.05) is 11.6 Å². The molecule has 19 heavy (non-hydrogen) atoms. The first-order valence-corrected chi connectivity index (χ1v) is 5.51. The van der Waals surface area contributed by atoms with Crippen LogP contribution in [0.5, 0.6) is 11.5 Å². The van der Waals surface area contributed by atoms with Gasteiger partial charge in [0.05, 0.1) is 14.2 Å². The molecule has 2 rings (SSSR count). The lowest BCUT2D eigenvalue weighted by atomic mass is 9.99. The molecule has 104 valence electrons. The Bertz CT molecular complexity index is 493. The Balaban J connectivity index is 2.41. The maximum absolute atomic E-state index is 13.8. The van der Waals surface area contributed by atoms with Crippen LogP contribution in [0.25, 0.3) is 0 Å². The van der Waals surface area contributed by atoms with Gasteiger partial charge in [-0.3, -0.25) is 0 Å². The quantitative estimate of drug-likeness (QED) is 0.916. The van der Waals surface area contributed by atoms with Crippen LogP contribution in [0.2, 0.25) is 0 Å². The van der Waals surface area contributed by atoms with Crippen molar-refractivity contribution in [2.45, 2.75) is 12.0 Å². The summed E-state index contributed by atoms with van der Waals surface area (Å²) in [4.78, 5) is 11.1. The maximum Gasteiger partial charge on any atom is 0.408 e. The Morgan fingerprint density at radius 1 is 1.37 bits per heavy atom. The number of alkyl halides is 2. The number of ether oxygens (including phenoxy) is 3. The standard InChI is InChI=1S/C12H13F2NO4/c1-17-7-3-4-8(9(5-7)18-2)10-12(13,14)6-19-11(16)15-10/h3-5,10H,6H2,1-2H3,(H,15,16)/t10-/m1/s1. The Kier molecular flexibility index (Phi) is 3.46. The molecule has 1 aromatic carbocycles. The molecule has 1 amide bonds. The lowest BCUT2D eigenvalue weighted by Gasteiger charge is -2.32. The van der Waals surface area contributed by atoms with Gasteiger partial charge in [-0.05, 0) is 12.1 Å². The topological polar surface area (TPSA) is 56.8 Å². The molecule has 0 bridgehead atoms.